The van der Waals surface area contributed by atoms with Crippen molar-refractivity contribution in [3.63, 3.8) is 0 Å². The fourth-order valence-electron chi connectivity index (χ4n) is 1.82. The van der Waals surface area contributed by atoms with Crippen molar-refractivity contribution in [2.75, 3.05) is 13.2 Å². The third-order valence-electron chi connectivity index (χ3n) is 2.89. The summed E-state index contributed by atoms with van der Waals surface area (Å²) >= 11 is 5.81. The number of hydrogen-bond donors (Lipinski definition) is 1. The monoisotopic (exact) mass is 319 g/mol. The third-order valence-corrected chi connectivity index (χ3v) is 3.14. The molecule has 22 heavy (non-hydrogen) atoms. The highest BCUT2D eigenvalue weighted by atomic mass is 35.5. The van der Waals surface area contributed by atoms with Gasteiger partial charge in [-0.05, 0) is 36.8 Å². The Hall–Kier alpha value is -2.20. The Morgan fingerprint density at radius 3 is 2.45 bits per heavy atom. The molecule has 1 N–H and O–H groups in total. The van der Waals surface area contributed by atoms with Gasteiger partial charge in [-0.3, -0.25) is 4.79 Å². The van der Waals surface area contributed by atoms with E-state index in [9.17, 15) is 4.79 Å². The van der Waals surface area contributed by atoms with Crippen LogP contribution in [-0.4, -0.2) is 19.1 Å². The predicted octanol–water partition coefficient (Wildman–Crippen LogP) is 3.43. The van der Waals surface area contributed by atoms with Gasteiger partial charge in [0, 0.05) is 17.6 Å². The number of hydrogen-bond acceptors (Lipinski definition) is 3. The largest absolute Gasteiger partial charge is 0.494 e. The molecule has 0 unspecified atom stereocenters. The molecule has 1 amide bonds. The van der Waals surface area contributed by atoms with E-state index in [4.69, 9.17) is 21.1 Å². The summed E-state index contributed by atoms with van der Waals surface area (Å²) in [6, 6.07) is 14.5. The molecule has 5 heteroatoms. The van der Waals surface area contributed by atoms with Crippen molar-refractivity contribution in [1.29, 1.82) is 0 Å². The molecule has 0 bridgehead atoms. The van der Waals surface area contributed by atoms with E-state index in [2.05, 4.69) is 5.32 Å². The van der Waals surface area contributed by atoms with Crippen molar-refractivity contribution in [2.45, 2.75) is 13.5 Å². The lowest BCUT2D eigenvalue weighted by Gasteiger charge is -2.09. The highest BCUT2D eigenvalue weighted by Crippen LogP contribution is 2.19. The first-order chi connectivity index (χ1) is 10.7. The van der Waals surface area contributed by atoms with Crippen LogP contribution in [-0.2, 0) is 11.3 Å². The zero-order chi connectivity index (χ0) is 15.8. The Kier molecular flexibility index (Phi) is 6.10. The molecule has 0 aliphatic heterocycles. The summed E-state index contributed by atoms with van der Waals surface area (Å²) in [5.41, 5.74) is 0.982. The number of halogens is 1. The molecule has 0 fully saturated rings. The van der Waals surface area contributed by atoms with Crippen LogP contribution in [0.15, 0.2) is 48.5 Å². The number of ether oxygens (including phenoxy) is 2. The lowest BCUT2D eigenvalue weighted by Crippen LogP contribution is -2.28. The molecule has 0 aliphatic rings. The molecule has 0 saturated heterocycles. The smallest absolute Gasteiger partial charge is 0.258 e. The second-order valence-electron chi connectivity index (χ2n) is 4.60. The SMILES string of the molecule is CCOc1cccc(OCC(=O)NCc2ccc(Cl)cc2)c1. The summed E-state index contributed by atoms with van der Waals surface area (Å²) in [6.45, 7) is 2.91. The molecule has 116 valence electrons. The van der Waals surface area contributed by atoms with Gasteiger partial charge in [0.1, 0.15) is 11.5 Å². The molecule has 0 aliphatic carbocycles. The summed E-state index contributed by atoms with van der Waals surface area (Å²) in [6.07, 6.45) is 0. The molecule has 2 aromatic carbocycles. The number of amides is 1. The Bertz CT molecular complexity index is 614. The van der Waals surface area contributed by atoms with Gasteiger partial charge in [0.05, 0.1) is 6.61 Å². The van der Waals surface area contributed by atoms with Crippen LogP contribution in [0.2, 0.25) is 5.02 Å². The number of nitrogens with one attached hydrogen (secondary N) is 1. The number of benzene rings is 2. The third kappa shape index (κ3) is 5.30. The van der Waals surface area contributed by atoms with Gasteiger partial charge in [0.25, 0.3) is 5.91 Å². The average Bonchev–Trinajstić information content (AvgIpc) is 2.53. The summed E-state index contributed by atoms with van der Waals surface area (Å²) in [5.74, 6) is 1.14. The van der Waals surface area contributed by atoms with Crippen LogP contribution in [0.4, 0.5) is 0 Å². The zero-order valence-corrected chi connectivity index (χ0v) is 13.1. The lowest BCUT2D eigenvalue weighted by molar-refractivity contribution is -0.123. The van der Waals surface area contributed by atoms with Crippen LogP contribution in [0.1, 0.15) is 12.5 Å². The second kappa shape index (κ2) is 8.29. The van der Waals surface area contributed by atoms with Crippen LogP contribution in [0, 0.1) is 0 Å². The van der Waals surface area contributed by atoms with Crippen LogP contribution in [0.5, 0.6) is 11.5 Å². The normalized spacial score (nSPS) is 10.1. The Balaban J connectivity index is 1.77. The van der Waals surface area contributed by atoms with Crippen molar-refractivity contribution in [2.24, 2.45) is 0 Å². The van der Waals surface area contributed by atoms with Crippen LogP contribution in [0.3, 0.4) is 0 Å². The highest BCUT2D eigenvalue weighted by Gasteiger charge is 2.04. The van der Waals surface area contributed by atoms with E-state index in [-0.39, 0.29) is 12.5 Å². The molecule has 0 aromatic heterocycles. The van der Waals surface area contributed by atoms with Crippen molar-refractivity contribution in [3.05, 3.63) is 59.1 Å². The fourth-order valence-corrected chi connectivity index (χ4v) is 1.95. The van der Waals surface area contributed by atoms with E-state index in [0.717, 1.165) is 11.3 Å². The summed E-state index contributed by atoms with van der Waals surface area (Å²) in [7, 11) is 0. The van der Waals surface area contributed by atoms with E-state index in [1.54, 1.807) is 24.3 Å². The molecule has 0 radical (unpaired) electrons. The van der Waals surface area contributed by atoms with Gasteiger partial charge >= 0.3 is 0 Å². The lowest BCUT2D eigenvalue weighted by atomic mass is 10.2. The van der Waals surface area contributed by atoms with Crippen LogP contribution in [0.25, 0.3) is 0 Å². The fraction of sp³-hybridized carbons (Fsp3) is 0.235. The first kappa shape index (κ1) is 16.2. The van der Waals surface area contributed by atoms with Gasteiger partial charge in [0.15, 0.2) is 6.61 Å². The van der Waals surface area contributed by atoms with E-state index < -0.39 is 0 Å². The topological polar surface area (TPSA) is 47.6 Å². The molecule has 2 rings (SSSR count). The summed E-state index contributed by atoms with van der Waals surface area (Å²) in [4.78, 5) is 11.8. The second-order valence-corrected chi connectivity index (χ2v) is 5.04. The number of rotatable bonds is 7. The Labute approximate surface area is 135 Å². The maximum atomic E-state index is 11.8. The first-order valence-corrected chi connectivity index (χ1v) is 7.42. The van der Waals surface area contributed by atoms with Crippen LogP contribution >= 0.6 is 11.6 Å². The van der Waals surface area contributed by atoms with Gasteiger partial charge in [-0.2, -0.15) is 0 Å². The van der Waals surface area contributed by atoms with Crippen molar-refractivity contribution in [3.8, 4) is 11.5 Å². The molecule has 0 saturated carbocycles. The highest BCUT2D eigenvalue weighted by molar-refractivity contribution is 6.30. The number of carbonyl (C=O) groups is 1. The van der Waals surface area contributed by atoms with E-state index in [1.807, 2.05) is 31.2 Å². The minimum absolute atomic E-state index is 0.0385. The molecule has 0 heterocycles. The van der Waals surface area contributed by atoms with Gasteiger partial charge in [-0.1, -0.05) is 29.8 Å². The van der Waals surface area contributed by atoms with Crippen molar-refractivity contribution in [1.82, 2.24) is 5.32 Å². The Morgan fingerprint density at radius 2 is 1.77 bits per heavy atom. The summed E-state index contributed by atoms with van der Waals surface area (Å²) in [5, 5.41) is 3.46. The molecular weight excluding hydrogens is 302 g/mol. The number of carbonyl (C=O) groups excluding carboxylic acids is 1. The Morgan fingerprint density at radius 1 is 1.09 bits per heavy atom. The minimum Gasteiger partial charge on any atom is -0.494 e. The van der Waals surface area contributed by atoms with Crippen molar-refractivity contribution < 1.29 is 14.3 Å². The standard InChI is InChI=1S/C17H18ClNO3/c1-2-21-15-4-3-5-16(10-15)22-12-17(20)19-11-13-6-8-14(18)9-7-13/h3-10H,2,11-12H2,1H3,(H,19,20). The predicted molar refractivity (Wildman–Crippen MR) is 86.4 cm³/mol. The van der Waals surface area contributed by atoms with Gasteiger partial charge in [-0.25, -0.2) is 0 Å². The maximum Gasteiger partial charge on any atom is 0.258 e. The van der Waals surface area contributed by atoms with E-state index in [1.165, 1.54) is 0 Å². The molecule has 0 atom stereocenters. The van der Waals surface area contributed by atoms with Gasteiger partial charge in [0.2, 0.25) is 0 Å². The minimum atomic E-state index is -0.184. The van der Waals surface area contributed by atoms with Crippen molar-refractivity contribution >= 4 is 17.5 Å². The molecular formula is C17H18ClNO3. The quantitative estimate of drug-likeness (QED) is 0.850. The zero-order valence-electron chi connectivity index (χ0n) is 12.3. The van der Waals surface area contributed by atoms with Gasteiger partial charge in [-0.15, -0.1) is 0 Å². The molecule has 2 aromatic rings. The average molecular weight is 320 g/mol. The van der Waals surface area contributed by atoms with E-state index >= 15 is 0 Å². The van der Waals surface area contributed by atoms with Gasteiger partial charge < -0.3 is 14.8 Å². The first-order valence-electron chi connectivity index (χ1n) is 7.04. The summed E-state index contributed by atoms with van der Waals surface area (Å²) < 4.78 is 10.8. The molecule has 0 spiro atoms. The van der Waals surface area contributed by atoms with Crippen LogP contribution < -0.4 is 14.8 Å². The molecule has 4 nitrogen and oxygen atoms in total. The van der Waals surface area contributed by atoms with E-state index in [0.29, 0.717) is 23.9 Å². The maximum absolute atomic E-state index is 11.8.